The van der Waals surface area contributed by atoms with Crippen LogP contribution in [0.3, 0.4) is 0 Å². The average Bonchev–Trinajstić information content (AvgIpc) is 3.00. The van der Waals surface area contributed by atoms with Crippen LogP contribution in [0.15, 0.2) is 78.9 Å². The first kappa shape index (κ1) is 36.8. The zero-order chi connectivity index (χ0) is 34.8. The minimum Gasteiger partial charge on any atom is -0.444 e. The summed E-state index contributed by atoms with van der Waals surface area (Å²) in [6.45, 7) is 9.31. The number of amides is 4. The normalized spacial score (nSPS) is 12.4. The average molecular weight is 644 g/mol. The molecule has 3 rings (SSSR count). The Morgan fingerprint density at radius 1 is 0.915 bits per heavy atom. The molecule has 0 saturated carbocycles. The van der Waals surface area contributed by atoms with Gasteiger partial charge in [-0.05, 0) is 81.5 Å². The smallest absolute Gasteiger partial charge is 0.408 e. The van der Waals surface area contributed by atoms with E-state index in [1.54, 1.807) is 51.9 Å². The summed E-state index contributed by atoms with van der Waals surface area (Å²) >= 11 is 0. The molecule has 10 heteroatoms. The fourth-order valence-corrected chi connectivity index (χ4v) is 5.05. The van der Waals surface area contributed by atoms with E-state index >= 15 is 0 Å². The molecule has 0 bridgehead atoms. The van der Waals surface area contributed by atoms with E-state index in [0.29, 0.717) is 31.5 Å². The second-order valence-corrected chi connectivity index (χ2v) is 13.4. The molecule has 0 unspecified atom stereocenters. The summed E-state index contributed by atoms with van der Waals surface area (Å²) in [4.78, 5) is 54.8. The van der Waals surface area contributed by atoms with Crippen LogP contribution in [-0.2, 0) is 32.0 Å². The van der Waals surface area contributed by atoms with E-state index in [4.69, 9.17) is 10.5 Å². The zero-order valence-corrected chi connectivity index (χ0v) is 28.6. The molecule has 3 aromatic carbocycles. The van der Waals surface area contributed by atoms with Gasteiger partial charge >= 0.3 is 6.09 Å². The number of rotatable bonds is 13. The maximum Gasteiger partial charge on any atom is 0.408 e. The molecule has 0 aliphatic carbocycles. The Bertz CT molecular complexity index is 1590. The maximum atomic E-state index is 14.0. The Hall–Kier alpha value is -4.70. The maximum absolute atomic E-state index is 14.0. The number of ether oxygens (including phenoxy) is 1. The van der Waals surface area contributed by atoms with Gasteiger partial charge in [-0.3, -0.25) is 14.4 Å². The summed E-state index contributed by atoms with van der Waals surface area (Å²) in [6, 6.07) is 20.7. The van der Waals surface area contributed by atoms with Crippen LogP contribution in [0.25, 0.3) is 10.8 Å². The third-order valence-corrected chi connectivity index (χ3v) is 7.64. The molecule has 0 aliphatic rings. The van der Waals surface area contributed by atoms with Crippen LogP contribution in [-0.4, -0.2) is 78.0 Å². The SMILES string of the molecule is CN(CCc1ccccc1NC(=O)CN)C(=O)[C@@H](Cc1ccc2ccccc2c1)N(C)C(=O)C=CCC(C)(C)NC(=O)OC(C)(C)C. The molecule has 4 amide bonds. The third-order valence-electron chi connectivity index (χ3n) is 7.64. The predicted molar refractivity (Wildman–Crippen MR) is 187 cm³/mol. The molecule has 252 valence electrons. The lowest BCUT2D eigenvalue weighted by Crippen LogP contribution is -2.49. The largest absolute Gasteiger partial charge is 0.444 e. The van der Waals surface area contributed by atoms with Crippen LogP contribution in [0, 0.1) is 0 Å². The van der Waals surface area contributed by atoms with Gasteiger partial charge in [0.05, 0.1) is 6.54 Å². The van der Waals surface area contributed by atoms with Crippen LogP contribution in [0.1, 0.15) is 52.2 Å². The van der Waals surface area contributed by atoms with Crippen molar-refractivity contribution in [3.63, 3.8) is 0 Å². The molecule has 0 saturated heterocycles. The van der Waals surface area contributed by atoms with Crippen molar-refractivity contribution in [3.8, 4) is 0 Å². The Kier molecular flexibility index (Phi) is 12.7. The number of nitrogens with two attached hydrogens (primary N) is 1. The number of alkyl carbamates (subject to hydrolysis) is 1. The van der Waals surface area contributed by atoms with Gasteiger partial charge in [0.1, 0.15) is 11.6 Å². The van der Waals surface area contributed by atoms with Crippen molar-refractivity contribution >= 4 is 40.3 Å². The van der Waals surface area contributed by atoms with E-state index in [1.807, 2.05) is 74.5 Å². The second kappa shape index (κ2) is 16.2. The third kappa shape index (κ3) is 11.6. The Morgan fingerprint density at radius 2 is 1.57 bits per heavy atom. The molecule has 1 atom stereocenters. The predicted octanol–water partition coefficient (Wildman–Crippen LogP) is 5.06. The van der Waals surface area contributed by atoms with Crippen LogP contribution in [0.4, 0.5) is 10.5 Å². The van der Waals surface area contributed by atoms with Gasteiger partial charge in [-0.2, -0.15) is 0 Å². The molecule has 4 N–H and O–H groups in total. The van der Waals surface area contributed by atoms with Crippen molar-refractivity contribution in [3.05, 3.63) is 90.0 Å². The lowest BCUT2D eigenvalue weighted by molar-refractivity contribution is -0.141. The van der Waals surface area contributed by atoms with Gasteiger partial charge in [-0.15, -0.1) is 0 Å². The highest BCUT2D eigenvalue weighted by atomic mass is 16.6. The topological polar surface area (TPSA) is 134 Å². The van der Waals surface area contributed by atoms with Crippen LogP contribution in [0.5, 0.6) is 0 Å². The van der Waals surface area contributed by atoms with Gasteiger partial charge < -0.3 is 30.9 Å². The van der Waals surface area contributed by atoms with Gasteiger partial charge in [0.15, 0.2) is 0 Å². The van der Waals surface area contributed by atoms with Crippen molar-refractivity contribution in [2.75, 3.05) is 32.5 Å². The van der Waals surface area contributed by atoms with E-state index in [2.05, 4.69) is 10.6 Å². The fourth-order valence-electron chi connectivity index (χ4n) is 5.05. The van der Waals surface area contributed by atoms with Gasteiger partial charge in [0.2, 0.25) is 17.7 Å². The van der Waals surface area contributed by atoms with E-state index < -0.39 is 23.3 Å². The first-order chi connectivity index (χ1) is 22.1. The first-order valence-corrected chi connectivity index (χ1v) is 15.8. The fraction of sp³-hybridized carbons (Fsp3) is 0.405. The van der Waals surface area contributed by atoms with E-state index in [9.17, 15) is 19.2 Å². The monoisotopic (exact) mass is 643 g/mol. The molecule has 0 fully saturated rings. The van der Waals surface area contributed by atoms with Crippen LogP contribution >= 0.6 is 0 Å². The summed E-state index contributed by atoms with van der Waals surface area (Å²) in [5.41, 5.74) is 6.63. The first-order valence-electron chi connectivity index (χ1n) is 15.8. The Labute approximate surface area is 278 Å². The molecule has 3 aromatic rings. The van der Waals surface area contributed by atoms with E-state index in [1.165, 1.54) is 11.0 Å². The van der Waals surface area contributed by atoms with Crippen molar-refractivity contribution in [1.82, 2.24) is 15.1 Å². The summed E-state index contributed by atoms with van der Waals surface area (Å²) in [5.74, 6) is -0.840. The highest BCUT2D eigenvalue weighted by Gasteiger charge is 2.29. The lowest BCUT2D eigenvalue weighted by Gasteiger charge is -2.31. The molecule has 47 heavy (non-hydrogen) atoms. The summed E-state index contributed by atoms with van der Waals surface area (Å²) in [5, 5.41) is 7.78. The van der Waals surface area contributed by atoms with Gasteiger partial charge in [-0.1, -0.05) is 66.7 Å². The highest BCUT2D eigenvalue weighted by molar-refractivity contribution is 5.94. The molecule has 10 nitrogen and oxygen atoms in total. The number of anilines is 1. The number of carbonyl (C=O) groups excluding carboxylic acids is 4. The molecular weight excluding hydrogens is 594 g/mol. The number of hydrogen-bond acceptors (Lipinski definition) is 6. The highest BCUT2D eigenvalue weighted by Crippen LogP contribution is 2.20. The van der Waals surface area contributed by atoms with Crippen LogP contribution in [0.2, 0.25) is 0 Å². The zero-order valence-electron chi connectivity index (χ0n) is 28.6. The lowest BCUT2D eigenvalue weighted by atomic mass is 9.99. The molecular formula is C37H49N5O5. The number of nitrogens with one attached hydrogen (secondary N) is 2. The molecule has 0 heterocycles. The van der Waals surface area contributed by atoms with E-state index in [-0.39, 0.29) is 24.3 Å². The summed E-state index contributed by atoms with van der Waals surface area (Å²) in [7, 11) is 3.35. The summed E-state index contributed by atoms with van der Waals surface area (Å²) in [6.07, 6.45) is 3.78. The van der Waals surface area contributed by atoms with Crippen molar-refractivity contribution in [2.45, 2.75) is 71.1 Å². The molecule has 0 aromatic heterocycles. The number of carbonyl (C=O) groups is 4. The number of hydrogen-bond donors (Lipinski definition) is 3. The van der Waals surface area contributed by atoms with Crippen molar-refractivity contribution in [2.24, 2.45) is 5.73 Å². The van der Waals surface area contributed by atoms with Gasteiger partial charge in [0, 0.05) is 38.3 Å². The van der Waals surface area contributed by atoms with Crippen LogP contribution < -0.4 is 16.4 Å². The van der Waals surface area contributed by atoms with Crippen molar-refractivity contribution < 1.29 is 23.9 Å². The number of nitrogens with zero attached hydrogens (tertiary/aromatic N) is 2. The van der Waals surface area contributed by atoms with Gasteiger partial charge in [-0.25, -0.2) is 4.79 Å². The standard InChI is InChI=1S/C37H49N5O5/c1-36(2,3)47-35(46)40-37(4,5)21-12-17-33(44)42(7)31(24-26-18-19-27-13-8-9-15-29(27)23-26)34(45)41(6)22-20-28-14-10-11-16-30(28)39-32(43)25-38/h8-19,23,31H,20-22,24-25,38H2,1-7H3,(H,39,43)(H,40,46)/t31-/m1/s1. The summed E-state index contributed by atoms with van der Waals surface area (Å²) < 4.78 is 5.36. The van der Waals surface area contributed by atoms with Crippen molar-refractivity contribution in [1.29, 1.82) is 0 Å². The Morgan fingerprint density at radius 3 is 2.26 bits per heavy atom. The molecule has 0 radical (unpaired) electrons. The van der Waals surface area contributed by atoms with Gasteiger partial charge in [0.25, 0.3) is 0 Å². The Balaban J connectivity index is 1.78. The second-order valence-electron chi connectivity index (χ2n) is 13.4. The molecule has 0 spiro atoms. The molecule has 0 aliphatic heterocycles. The minimum absolute atomic E-state index is 0.129. The minimum atomic E-state index is -0.779. The number of para-hydroxylation sites is 1. The number of fused-ring (bicyclic) bond motifs is 1. The number of benzene rings is 3. The number of likely N-dealkylation sites (N-methyl/N-ethyl adjacent to an activating group) is 2. The van der Waals surface area contributed by atoms with E-state index in [0.717, 1.165) is 21.9 Å². The quantitative estimate of drug-likeness (QED) is 0.223.